The second-order valence-corrected chi connectivity index (χ2v) is 6.62. The Balaban J connectivity index is 1.46. The molecule has 8 heteroatoms. The first-order valence-corrected chi connectivity index (χ1v) is 9.23. The number of halogens is 1. The summed E-state index contributed by atoms with van der Waals surface area (Å²) < 4.78 is 8.94. The van der Waals surface area contributed by atoms with Crippen LogP contribution in [0.2, 0.25) is 5.15 Å². The third-order valence-corrected chi connectivity index (χ3v) is 4.52. The number of carbonyl (C=O) groups excluding carboxylic acids is 1. The first kappa shape index (κ1) is 19.9. The van der Waals surface area contributed by atoms with E-state index < -0.39 is 0 Å². The third kappa shape index (κ3) is 5.31. The van der Waals surface area contributed by atoms with Crippen molar-refractivity contribution in [1.29, 1.82) is 0 Å². The van der Waals surface area contributed by atoms with Crippen LogP contribution in [0.5, 0.6) is 0 Å². The zero-order valence-corrected chi connectivity index (χ0v) is 16.6. The number of aromatic nitrogens is 4. The lowest BCUT2D eigenvalue weighted by Crippen LogP contribution is -2.08. The minimum absolute atomic E-state index is 0.265. The van der Waals surface area contributed by atoms with Gasteiger partial charge in [0.25, 0.3) is 0 Å². The Morgan fingerprint density at radius 2 is 2.11 bits per heavy atom. The number of anilines is 1. The highest BCUT2D eigenvalue weighted by Crippen LogP contribution is 2.20. The highest BCUT2D eigenvalue weighted by molar-refractivity contribution is 6.31. The first-order valence-electron chi connectivity index (χ1n) is 8.85. The normalized spacial score (nSPS) is 11.2. The summed E-state index contributed by atoms with van der Waals surface area (Å²) in [4.78, 5) is 12.1. The summed E-state index contributed by atoms with van der Waals surface area (Å²) >= 11 is 6.15. The van der Waals surface area contributed by atoms with Crippen LogP contribution >= 0.6 is 11.6 Å². The van der Waals surface area contributed by atoms with Crippen molar-refractivity contribution >= 4 is 29.3 Å². The molecule has 0 saturated carbocycles. The zero-order chi connectivity index (χ0) is 19.9. The molecule has 0 aliphatic rings. The minimum atomic E-state index is -0.265. The molecule has 3 rings (SSSR count). The molecule has 2 aromatic heterocycles. The van der Waals surface area contributed by atoms with Crippen LogP contribution in [0.3, 0.4) is 0 Å². The van der Waals surface area contributed by atoms with Gasteiger partial charge >= 0.3 is 0 Å². The quantitative estimate of drug-likeness (QED) is 0.465. The van der Waals surface area contributed by atoms with Gasteiger partial charge in [0.15, 0.2) is 0 Å². The van der Waals surface area contributed by atoms with Crippen molar-refractivity contribution < 1.29 is 9.53 Å². The molecule has 1 N–H and O–H groups in total. The second kappa shape index (κ2) is 9.34. The van der Waals surface area contributed by atoms with Crippen molar-refractivity contribution in [3.63, 3.8) is 0 Å². The molecule has 28 heavy (non-hydrogen) atoms. The van der Waals surface area contributed by atoms with Crippen LogP contribution in [-0.2, 0) is 29.7 Å². The van der Waals surface area contributed by atoms with Crippen molar-refractivity contribution in [3.8, 4) is 0 Å². The Bertz CT molecular complexity index is 962. The lowest BCUT2D eigenvalue weighted by Gasteiger charge is -2.04. The molecule has 0 aliphatic heterocycles. The van der Waals surface area contributed by atoms with Gasteiger partial charge in [-0.05, 0) is 18.6 Å². The van der Waals surface area contributed by atoms with E-state index in [9.17, 15) is 4.79 Å². The fraction of sp³-hybridized carbons (Fsp3) is 0.250. The molecule has 146 valence electrons. The van der Waals surface area contributed by atoms with Gasteiger partial charge in [-0.3, -0.25) is 14.2 Å². The average molecular weight is 400 g/mol. The van der Waals surface area contributed by atoms with E-state index in [1.165, 1.54) is 6.08 Å². The summed E-state index contributed by atoms with van der Waals surface area (Å²) in [6.45, 7) is 3.53. The number of carbonyl (C=O) groups is 1. The van der Waals surface area contributed by atoms with Crippen LogP contribution in [0.15, 0.2) is 48.8 Å². The van der Waals surface area contributed by atoms with E-state index in [0.29, 0.717) is 30.6 Å². The van der Waals surface area contributed by atoms with Crippen LogP contribution in [-0.4, -0.2) is 32.1 Å². The van der Waals surface area contributed by atoms with Gasteiger partial charge in [-0.2, -0.15) is 10.2 Å². The molecular weight excluding hydrogens is 378 g/mol. The molecule has 0 aliphatic carbocycles. The van der Waals surface area contributed by atoms with Crippen LogP contribution in [0.25, 0.3) is 6.08 Å². The van der Waals surface area contributed by atoms with E-state index >= 15 is 0 Å². The van der Waals surface area contributed by atoms with E-state index in [0.717, 1.165) is 16.8 Å². The summed E-state index contributed by atoms with van der Waals surface area (Å²) in [7, 11) is 1.75. The first-order chi connectivity index (χ1) is 13.5. The Morgan fingerprint density at radius 3 is 2.82 bits per heavy atom. The number of aryl methyl sites for hydroxylation is 2. The second-order valence-electron chi connectivity index (χ2n) is 6.27. The van der Waals surface area contributed by atoms with Gasteiger partial charge in [-0.15, -0.1) is 0 Å². The van der Waals surface area contributed by atoms with Gasteiger partial charge in [-0.1, -0.05) is 41.9 Å². The van der Waals surface area contributed by atoms with Gasteiger partial charge in [0.1, 0.15) is 5.15 Å². The standard InChI is InChI=1S/C20H22ClN5O2/c1-15-18(20(21)25(2)24-15)8-9-19(27)23-17-12-22-26(13-17)10-11-28-14-16-6-4-3-5-7-16/h3-9,12-13H,10-11,14H2,1-2H3,(H,23,27). The smallest absolute Gasteiger partial charge is 0.248 e. The van der Waals surface area contributed by atoms with Gasteiger partial charge < -0.3 is 10.1 Å². The molecule has 2 heterocycles. The monoisotopic (exact) mass is 399 g/mol. The molecule has 0 saturated heterocycles. The van der Waals surface area contributed by atoms with E-state index in [4.69, 9.17) is 16.3 Å². The molecule has 0 bridgehead atoms. The van der Waals surface area contributed by atoms with E-state index in [-0.39, 0.29) is 5.91 Å². The fourth-order valence-corrected chi connectivity index (χ4v) is 2.89. The lowest BCUT2D eigenvalue weighted by atomic mass is 10.2. The summed E-state index contributed by atoms with van der Waals surface area (Å²) in [6.07, 6.45) is 6.45. The van der Waals surface area contributed by atoms with Crippen molar-refractivity contribution in [2.24, 2.45) is 7.05 Å². The van der Waals surface area contributed by atoms with Crippen LogP contribution < -0.4 is 5.32 Å². The van der Waals surface area contributed by atoms with E-state index in [1.807, 2.05) is 37.3 Å². The number of ether oxygens (including phenoxy) is 1. The molecule has 1 amide bonds. The number of hydrogen-bond acceptors (Lipinski definition) is 4. The van der Waals surface area contributed by atoms with Crippen LogP contribution in [0.4, 0.5) is 5.69 Å². The van der Waals surface area contributed by atoms with Gasteiger partial charge in [0.05, 0.1) is 37.3 Å². The number of rotatable bonds is 8. The number of hydrogen-bond donors (Lipinski definition) is 1. The fourth-order valence-electron chi connectivity index (χ4n) is 2.65. The van der Waals surface area contributed by atoms with Crippen LogP contribution in [0.1, 0.15) is 16.8 Å². The Kier molecular flexibility index (Phi) is 6.62. The largest absolute Gasteiger partial charge is 0.375 e. The van der Waals surface area contributed by atoms with Crippen molar-refractivity contribution in [2.45, 2.75) is 20.1 Å². The number of benzene rings is 1. The van der Waals surface area contributed by atoms with Crippen molar-refractivity contribution in [3.05, 3.63) is 70.8 Å². The highest BCUT2D eigenvalue weighted by atomic mass is 35.5. The Labute approximate surface area is 168 Å². The van der Waals surface area contributed by atoms with Gasteiger partial charge in [0.2, 0.25) is 5.91 Å². The number of nitrogens with zero attached hydrogens (tertiary/aromatic N) is 4. The topological polar surface area (TPSA) is 74.0 Å². The Hall–Kier alpha value is -2.90. The SMILES string of the molecule is Cc1nn(C)c(Cl)c1C=CC(=O)Nc1cnn(CCOCc2ccccc2)c1. The molecule has 1 aromatic carbocycles. The predicted molar refractivity (Wildman–Crippen MR) is 109 cm³/mol. The summed E-state index contributed by atoms with van der Waals surface area (Å²) in [5.41, 5.74) is 3.24. The molecule has 0 fully saturated rings. The summed E-state index contributed by atoms with van der Waals surface area (Å²) in [6, 6.07) is 9.99. The molecule has 3 aromatic rings. The molecular formula is C20H22ClN5O2. The summed E-state index contributed by atoms with van der Waals surface area (Å²) in [5, 5.41) is 11.7. The van der Waals surface area contributed by atoms with E-state index in [1.54, 1.807) is 34.9 Å². The molecule has 7 nitrogen and oxygen atoms in total. The summed E-state index contributed by atoms with van der Waals surface area (Å²) in [5.74, 6) is -0.265. The maximum Gasteiger partial charge on any atom is 0.248 e. The molecule has 0 unspecified atom stereocenters. The zero-order valence-electron chi connectivity index (χ0n) is 15.8. The average Bonchev–Trinajstić information content (AvgIpc) is 3.22. The van der Waals surface area contributed by atoms with Crippen molar-refractivity contribution in [1.82, 2.24) is 19.6 Å². The molecule has 0 atom stereocenters. The maximum absolute atomic E-state index is 12.1. The highest BCUT2D eigenvalue weighted by Gasteiger charge is 2.09. The van der Waals surface area contributed by atoms with Gasteiger partial charge in [-0.25, -0.2) is 0 Å². The molecule has 0 radical (unpaired) electrons. The number of amides is 1. The van der Waals surface area contributed by atoms with Gasteiger partial charge in [0, 0.05) is 24.9 Å². The van der Waals surface area contributed by atoms with Crippen molar-refractivity contribution in [2.75, 3.05) is 11.9 Å². The van der Waals surface area contributed by atoms with E-state index in [2.05, 4.69) is 15.5 Å². The minimum Gasteiger partial charge on any atom is -0.375 e. The van der Waals surface area contributed by atoms with Crippen LogP contribution in [0, 0.1) is 6.92 Å². The maximum atomic E-state index is 12.1. The Morgan fingerprint density at radius 1 is 1.32 bits per heavy atom. The lowest BCUT2D eigenvalue weighted by molar-refractivity contribution is -0.111. The molecule has 0 spiro atoms. The predicted octanol–water partition coefficient (Wildman–Crippen LogP) is 3.45. The number of nitrogens with one attached hydrogen (secondary N) is 1. The third-order valence-electron chi connectivity index (χ3n) is 4.07.